The Kier molecular flexibility index (Phi) is 16.5. The van der Waals surface area contributed by atoms with Crippen LogP contribution in [0.5, 0.6) is 5.75 Å². The molecule has 0 radical (unpaired) electrons. The van der Waals surface area contributed by atoms with Gasteiger partial charge in [-0.15, -0.1) is 34.0 Å². The Bertz CT molecular complexity index is 511. The smallest absolute Gasteiger partial charge is 0.170 e. The monoisotopic (exact) mass is 482 g/mol. The molecule has 0 unspecified atom stereocenters. The molecule has 0 atom stereocenters. The Morgan fingerprint density at radius 2 is 1.40 bits per heavy atom. The predicted octanol–water partition coefficient (Wildman–Crippen LogP) is 3.79. The molecule has 144 valence electrons. The fourth-order valence-electron chi connectivity index (χ4n) is 2.13. The molecule has 0 aromatic heterocycles. The number of ether oxygens (including phenoxy) is 1. The lowest BCUT2D eigenvalue weighted by molar-refractivity contribution is 0.304. The molecule has 9 heteroatoms. The molecule has 0 aliphatic heterocycles. The van der Waals surface area contributed by atoms with Crippen LogP contribution in [0.2, 0.25) is 0 Å². The first-order valence-corrected chi connectivity index (χ1v) is 7.84. The first kappa shape index (κ1) is 25.8. The summed E-state index contributed by atoms with van der Waals surface area (Å²) in [5, 5.41) is 22.9. The summed E-state index contributed by atoms with van der Waals surface area (Å²) in [4.78, 5) is 0. The number of nitrogens with two attached hydrogens (primary N) is 2. The highest BCUT2D eigenvalue weighted by molar-refractivity contribution is 8.93. The predicted molar refractivity (Wildman–Crippen MR) is 111 cm³/mol. The Labute approximate surface area is 169 Å². The van der Waals surface area contributed by atoms with Crippen LogP contribution in [0, 0.1) is 0 Å². The second-order valence-corrected chi connectivity index (χ2v) is 5.32. The van der Waals surface area contributed by atoms with Crippen LogP contribution in [0.1, 0.15) is 50.5 Å². The van der Waals surface area contributed by atoms with Gasteiger partial charge in [0.15, 0.2) is 5.84 Å². The van der Waals surface area contributed by atoms with Crippen molar-refractivity contribution in [3.8, 4) is 5.75 Å². The first-order valence-electron chi connectivity index (χ1n) is 7.84. The molecule has 0 bridgehead atoms. The van der Waals surface area contributed by atoms with Crippen molar-refractivity contribution >= 4 is 45.6 Å². The third-order valence-electron chi connectivity index (χ3n) is 3.48. The van der Waals surface area contributed by atoms with E-state index in [9.17, 15) is 0 Å². The molecule has 25 heavy (non-hydrogen) atoms. The highest BCUT2D eigenvalue weighted by Crippen LogP contribution is 2.13. The second kappa shape index (κ2) is 16.0. The number of oxime groups is 2. The quantitative estimate of drug-likeness (QED) is 0.125. The normalized spacial score (nSPS) is 11.4. The zero-order chi connectivity index (χ0) is 16.9. The number of benzene rings is 1. The molecule has 0 heterocycles. The topological polar surface area (TPSA) is 126 Å². The van der Waals surface area contributed by atoms with Crippen LogP contribution < -0.4 is 16.2 Å². The van der Waals surface area contributed by atoms with Crippen molar-refractivity contribution in [2.75, 3.05) is 6.61 Å². The maximum atomic E-state index is 8.58. The lowest BCUT2D eigenvalue weighted by Crippen LogP contribution is -2.12. The highest BCUT2D eigenvalue weighted by atomic mass is 79.9. The Morgan fingerprint density at radius 1 is 0.840 bits per heavy atom. The molecule has 0 aliphatic rings. The molecule has 0 aliphatic carbocycles. The summed E-state index contributed by atoms with van der Waals surface area (Å²) in [6.07, 6.45) is 7.12. The summed E-state index contributed by atoms with van der Waals surface area (Å²) in [7, 11) is 0. The highest BCUT2D eigenvalue weighted by Gasteiger charge is 2.00. The molecule has 7 nitrogen and oxygen atoms in total. The minimum atomic E-state index is 0. The Morgan fingerprint density at radius 3 is 1.96 bits per heavy atom. The van der Waals surface area contributed by atoms with Gasteiger partial charge in [0.25, 0.3) is 0 Å². The van der Waals surface area contributed by atoms with Crippen LogP contribution >= 0.6 is 34.0 Å². The minimum absolute atomic E-state index is 0. The van der Waals surface area contributed by atoms with Crippen LogP contribution in [0.25, 0.3) is 0 Å². The molecule has 0 saturated heterocycles. The van der Waals surface area contributed by atoms with Gasteiger partial charge in [0, 0.05) is 12.0 Å². The molecule has 6 N–H and O–H groups in total. The van der Waals surface area contributed by atoms with Crippen molar-refractivity contribution in [3.05, 3.63) is 29.8 Å². The summed E-state index contributed by atoms with van der Waals surface area (Å²) in [6.45, 7) is 0.674. The van der Waals surface area contributed by atoms with E-state index in [4.69, 9.17) is 26.6 Å². The molecule has 0 saturated carbocycles. The van der Waals surface area contributed by atoms with E-state index in [1.807, 2.05) is 0 Å². The molecular formula is C16H28Br2N4O3. The summed E-state index contributed by atoms with van der Waals surface area (Å²) < 4.78 is 5.64. The van der Waals surface area contributed by atoms with Crippen LogP contribution in [0.3, 0.4) is 0 Å². The van der Waals surface area contributed by atoms with Gasteiger partial charge in [0.1, 0.15) is 11.6 Å². The van der Waals surface area contributed by atoms with E-state index in [0.29, 0.717) is 24.4 Å². The van der Waals surface area contributed by atoms with Gasteiger partial charge in [-0.3, -0.25) is 0 Å². The number of halogens is 2. The first-order chi connectivity index (χ1) is 11.2. The minimum Gasteiger partial charge on any atom is -0.494 e. The SMILES string of the molecule is Br.Br.N/C(=N\O)c1ccc(OCCCCCCCC/C(N)=N\O)cc1. The fourth-order valence-corrected chi connectivity index (χ4v) is 2.13. The van der Waals surface area contributed by atoms with Crippen molar-refractivity contribution in [1.82, 2.24) is 0 Å². The fraction of sp³-hybridized carbons (Fsp3) is 0.500. The number of hydrogen-bond donors (Lipinski definition) is 4. The lowest BCUT2D eigenvalue weighted by atomic mass is 10.1. The van der Waals surface area contributed by atoms with E-state index < -0.39 is 0 Å². The standard InChI is InChI=1S/C16H26N4O3.2BrH/c17-15(19-21)7-5-3-1-2-4-6-12-23-14-10-8-13(9-11-14)16(18)20-22;;/h8-11,21-22H,1-7,12H2,(H2,17,19)(H2,18,20);2*1H. The van der Waals surface area contributed by atoms with Crippen molar-refractivity contribution < 1.29 is 15.2 Å². The van der Waals surface area contributed by atoms with Crippen LogP contribution in [-0.4, -0.2) is 28.7 Å². The maximum Gasteiger partial charge on any atom is 0.170 e. The molecule has 1 rings (SSSR count). The van der Waals surface area contributed by atoms with Crippen molar-refractivity contribution in [1.29, 1.82) is 0 Å². The van der Waals surface area contributed by atoms with E-state index >= 15 is 0 Å². The van der Waals surface area contributed by atoms with Crippen molar-refractivity contribution in [2.24, 2.45) is 21.8 Å². The molecular weight excluding hydrogens is 456 g/mol. The van der Waals surface area contributed by atoms with Gasteiger partial charge in [-0.05, 0) is 37.1 Å². The number of nitrogens with zero attached hydrogens (tertiary/aromatic N) is 2. The molecule has 1 aromatic carbocycles. The second-order valence-electron chi connectivity index (χ2n) is 5.32. The number of rotatable bonds is 11. The number of unbranched alkanes of at least 4 members (excludes halogenated alkanes) is 5. The zero-order valence-corrected chi connectivity index (χ0v) is 17.6. The largest absolute Gasteiger partial charge is 0.494 e. The van der Waals surface area contributed by atoms with Gasteiger partial charge in [0.05, 0.1) is 6.61 Å². The van der Waals surface area contributed by atoms with E-state index in [-0.39, 0.29) is 39.8 Å². The third kappa shape index (κ3) is 11.7. The maximum absolute atomic E-state index is 8.58. The average Bonchev–Trinajstić information content (AvgIpc) is 2.59. The summed E-state index contributed by atoms with van der Waals surface area (Å²) in [5.74, 6) is 1.17. The van der Waals surface area contributed by atoms with Gasteiger partial charge in [0.2, 0.25) is 0 Å². The van der Waals surface area contributed by atoms with Gasteiger partial charge in [-0.25, -0.2) is 0 Å². The zero-order valence-electron chi connectivity index (χ0n) is 14.1. The van der Waals surface area contributed by atoms with Crippen molar-refractivity contribution in [2.45, 2.75) is 44.9 Å². The van der Waals surface area contributed by atoms with E-state index in [2.05, 4.69) is 10.3 Å². The number of amidine groups is 2. The molecule has 0 fully saturated rings. The Balaban J connectivity index is 0. The van der Waals surface area contributed by atoms with Crippen LogP contribution in [0.15, 0.2) is 34.6 Å². The molecule has 1 aromatic rings. The van der Waals surface area contributed by atoms with Gasteiger partial charge in [-0.1, -0.05) is 36.0 Å². The summed E-state index contributed by atoms with van der Waals surface area (Å²) in [6, 6.07) is 7.12. The van der Waals surface area contributed by atoms with Gasteiger partial charge >= 0.3 is 0 Å². The summed E-state index contributed by atoms with van der Waals surface area (Å²) in [5.41, 5.74) is 11.6. The number of hydrogen-bond acceptors (Lipinski definition) is 5. The summed E-state index contributed by atoms with van der Waals surface area (Å²) >= 11 is 0. The van der Waals surface area contributed by atoms with E-state index in [1.54, 1.807) is 24.3 Å². The van der Waals surface area contributed by atoms with Crippen molar-refractivity contribution in [3.63, 3.8) is 0 Å². The van der Waals surface area contributed by atoms with Crippen LogP contribution in [0.4, 0.5) is 0 Å². The average molecular weight is 484 g/mol. The third-order valence-corrected chi connectivity index (χ3v) is 3.48. The Hall–Kier alpha value is -1.48. The van der Waals surface area contributed by atoms with Crippen LogP contribution in [-0.2, 0) is 0 Å². The molecule has 0 amide bonds. The lowest BCUT2D eigenvalue weighted by Gasteiger charge is -2.07. The van der Waals surface area contributed by atoms with Gasteiger partial charge < -0.3 is 26.6 Å². The van der Waals surface area contributed by atoms with E-state index in [0.717, 1.165) is 44.3 Å². The van der Waals surface area contributed by atoms with E-state index in [1.165, 1.54) is 0 Å². The van der Waals surface area contributed by atoms with Gasteiger partial charge in [-0.2, -0.15) is 0 Å². The molecule has 0 spiro atoms.